The van der Waals surface area contributed by atoms with Crippen LogP contribution in [0.2, 0.25) is 0 Å². The minimum absolute atomic E-state index is 0. The fraction of sp³-hybridized carbons (Fsp3) is 0.750. The maximum absolute atomic E-state index is 11.9. The molecule has 6 nitrogen and oxygen atoms in total. The fourth-order valence-electron chi connectivity index (χ4n) is 1.85. The minimum atomic E-state index is -0.742. The average Bonchev–Trinajstić information content (AvgIpc) is 2.52. The van der Waals surface area contributed by atoms with Gasteiger partial charge in [-0.2, -0.15) is 0 Å². The summed E-state index contributed by atoms with van der Waals surface area (Å²) in [5, 5.41) is 2.59. The number of hydrogen-bond acceptors (Lipinski definition) is 4. The first-order chi connectivity index (χ1) is 8.25. The van der Waals surface area contributed by atoms with Crippen LogP contribution in [0.1, 0.15) is 34.1 Å². The summed E-state index contributed by atoms with van der Waals surface area (Å²) >= 11 is 0. The van der Waals surface area contributed by atoms with E-state index >= 15 is 0 Å². The zero-order chi connectivity index (χ0) is 14.0. The average molecular weight is 292 g/mol. The molecule has 3 N–H and O–H groups in total. The van der Waals surface area contributed by atoms with E-state index in [0.717, 1.165) is 0 Å². The number of halogens is 1. The molecule has 1 saturated heterocycles. The van der Waals surface area contributed by atoms with Crippen LogP contribution in [-0.4, -0.2) is 40.7 Å². The predicted molar refractivity (Wildman–Crippen MR) is 73.6 cm³/mol. The largest absolute Gasteiger partial charge is 0.343 e. The number of carbonyl (C=O) groups is 3. The lowest BCUT2D eigenvalue weighted by atomic mass is 10.0. The van der Waals surface area contributed by atoms with E-state index in [0.29, 0.717) is 0 Å². The molecular formula is C12H22ClN3O3. The summed E-state index contributed by atoms with van der Waals surface area (Å²) in [4.78, 5) is 36.6. The van der Waals surface area contributed by atoms with Gasteiger partial charge in [-0.3, -0.25) is 19.3 Å². The molecule has 1 rings (SSSR count). The van der Waals surface area contributed by atoms with Gasteiger partial charge in [-0.1, -0.05) is 6.92 Å². The first-order valence-corrected chi connectivity index (χ1v) is 6.17. The molecule has 1 aliphatic rings. The molecule has 7 heteroatoms. The second kappa shape index (κ2) is 6.86. The minimum Gasteiger partial charge on any atom is -0.343 e. The van der Waals surface area contributed by atoms with Crippen LogP contribution in [0.4, 0.5) is 0 Å². The summed E-state index contributed by atoms with van der Waals surface area (Å²) in [7, 11) is 0. The van der Waals surface area contributed by atoms with Crippen molar-refractivity contribution < 1.29 is 14.4 Å². The molecule has 0 aromatic carbocycles. The molecule has 1 heterocycles. The normalized spacial score (nSPS) is 22.2. The van der Waals surface area contributed by atoms with E-state index in [2.05, 4.69) is 5.32 Å². The van der Waals surface area contributed by atoms with E-state index in [1.165, 1.54) is 4.90 Å². The predicted octanol–water partition coefficient (Wildman–Crippen LogP) is 0.0436. The Balaban J connectivity index is 0.00000324. The van der Waals surface area contributed by atoms with Crippen LogP contribution in [-0.2, 0) is 14.4 Å². The Bertz CT molecular complexity index is 371. The van der Waals surface area contributed by atoms with E-state index in [9.17, 15) is 14.4 Å². The van der Waals surface area contributed by atoms with Gasteiger partial charge in [0.15, 0.2) is 0 Å². The fourth-order valence-corrected chi connectivity index (χ4v) is 1.85. The van der Waals surface area contributed by atoms with Crippen LogP contribution in [0.3, 0.4) is 0 Å². The third-order valence-corrected chi connectivity index (χ3v) is 3.22. The van der Waals surface area contributed by atoms with Gasteiger partial charge in [0.25, 0.3) is 5.91 Å². The Labute approximate surface area is 119 Å². The Morgan fingerprint density at radius 2 is 1.84 bits per heavy atom. The molecule has 3 amide bonds. The van der Waals surface area contributed by atoms with E-state index in [1.54, 1.807) is 27.7 Å². The van der Waals surface area contributed by atoms with Crippen LogP contribution in [0.25, 0.3) is 0 Å². The molecule has 3 unspecified atom stereocenters. The highest BCUT2D eigenvalue weighted by atomic mass is 35.5. The lowest BCUT2D eigenvalue weighted by molar-refractivity contribution is -0.141. The van der Waals surface area contributed by atoms with E-state index in [-0.39, 0.29) is 54.6 Å². The van der Waals surface area contributed by atoms with Crippen molar-refractivity contribution in [3.05, 3.63) is 0 Å². The molecule has 0 aromatic rings. The maximum atomic E-state index is 11.9. The highest BCUT2D eigenvalue weighted by Crippen LogP contribution is 2.16. The Hall–Kier alpha value is -1.14. The van der Waals surface area contributed by atoms with Gasteiger partial charge in [-0.15, -0.1) is 12.4 Å². The van der Waals surface area contributed by atoms with Crippen molar-refractivity contribution in [1.82, 2.24) is 10.2 Å². The molecule has 0 spiro atoms. The van der Waals surface area contributed by atoms with Crippen LogP contribution >= 0.6 is 12.4 Å². The Morgan fingerprint density at radius 1 is 1.32 bits per heavy atom. The van der Waals surface area contributed by atoms with Crippen LogP contribution in [0.15, 0.2) is 0 Å². The number of rotatable bonds is 4. The molecule has 0 radical (unpaired) electrons. The Kier molecular flexibility index (Phi) is 6.45. The van der Waals surface area contributed by atoms with Gasteiger partial charge in [0.2, 0.25) is 11.8 Å². The molecule has 1 aliphatic heterocycles. The summed E-state index contributed by atoms with van der Waals surface area (Å²) < 4.78 is 0. The van der Waals surface area contributed by atoms with Crippen molar-refractivity contribution in [1.29, 1.82) is 0 Å². The number of nitrogens with zero attached hydrogens (tertiary/aromatic N) is 1. The summed E-state index contributed by atoms with van der Waals surface area (Å²) in [6.45, 7) is 6.96. The third kappa shape index (κ3) is 3.91. The van der Waals surface area contributed by atoms with Crippen molar-refractivity contribution >= 4 is 30.1 Å². The highest BCUT2D eigenvalue weighted by molar-refractivity contribution is 6.07. The molecular weight excluding hydrogens is 270 g/mol. The van der Waals surface area contributed by atoms with Crippen molar-refractivity contribution in [2.75, 3.05) is 0 Å². The van der Waals surface area contributed by atoms with Gasteiger partial charge in [0.1, 0.15) is 6.04 Å². The number of imide groups is 1. The quantitative estimate of drug-likeness (QED) is 0.716. The smallest absolute Gasteiger partial charge is 0.252 e. The number of nitrogens with two attached hydrogens (primary N) is 1. The van der Waals surface area contributed by atoms with Gasteiger partial charge in [0.05, 0.1) is 6.42 Å². The molecule has 110 valence electrons. The molecule has 0 bridgehead atoms. The first kappa shape index (κ1) is 17.9. The van der Waals surface area contributed by atoms with Crippen molar-refractivity contribution in [3.63, 3.8) is 0 Å². The monoisotopic (exact) mass is 291 g/mol. The highest BCUT2D eigenvalue weighted by Gasteiger charge is 2.41. The third-order valence-electron chi connectivity index (χ3n) is 3.22. The summed E-state index contributed by atoms with van der Waals surface area (Å²) in [6, 6.07) is -1.22. The van der Waals surface area contributed by atoms with Crippen molar-refractivity contribution in [3.8, 4) is 0 Å². The number of nitrogens with one attached hydrogen (secondary N) is 1. The van der Waals surface area contributed by atoms with Crippen LogP contribution in [0.5, 0.6) is 0 Å². The first-order valence-electron chi connectivity index (χ1n) is 6.17. The van der Waals surface area contributed by atoms with Gasteiger partial charge in [0, 0.05) is 18.0 Å². The Morgan fingerprint density at radius 3 is 2.21 bits per heavy atom. The van der Waals surface area contributed by atoms with E-state index in [4.69, 9.17) is 5.73 Å². The second-order valence-corrected chi connectivity index (χ2v) is 5.11. The molecule has 0 saturated carbocycles. The number of carbonyl (C=O) groups excluding carboxylic acids is 3. The van der Waals surface area contributed by atoms with Gasteiger partial charge < -0.3 is 11.1 Å². The van der Waals surface area contributed by atoms with E-state index < -0.39 is 6.04 Å². The summed E-state index contributed by atoms with van der Waals surface area (Å²) in [5.41, 5.74) is 5.63. The van der Waals surface area contributed by atoms with Crippen molar-refractivity contribution in [2.45, 2.75) is 52.2 Å². The number of hydrogen-bond donors (Lipinski definition) is 2. The standard InChI is InChI=1S/C12H21N3O3.ClH/c1-6(2)15-10(16)5-9(12(15)18)14-11(17)7(3)8(4)13;/h6-9H,5,13H2,1-4H3,(H,14,17);1H. The zero-order valence-electron chi connectivity index (χ0n) is 11.7. The molecule has 1 fully saturated rings. The summed E-state index contributed by atoms with van der Waals surface area (Å²) in [5.74, 6) is -1.25. The number of amides is 3. The SMILES string of the molecule is CC(N)C(C)C(=O)NC1CC(=O)N(C(C)C)C1=O.Cl. The van der Waals surface area contributed by atoms with Gasteiger partial charge >= 0.3 is 0 Å². The second-order valence-electron chi connectivity index (χ2n) is 5.11. The van der Waals surface area contributed by atoms with E-state index in [1.807, 2.05) is 0 Å². The van der Waals surface area contributed by atoms with Crippen molar-refractivity contribution in [2.24, 2.45) is 11.7 Å². The van der Waals surface area contributed by atoms with Gasteiger partial charge in [-0.05, 0) is 20.8 Å². The zero-order valence-corrected chi connectivity index (χ0v) is 12.5. The maximum Gasteiger partial charge on any atom is 0.252 e. The van der Waals surface area contributed by atoms with Crippen LogP contribution in [0, 0.1) is 5.92 Å². The molecule has 19 heavy (non-hydrogen) atoms. The molecule has 3 atom stereocenters. The van der Waals surface area contributed by atoms with Gasteiger partial charge in [-0.25, -0.2) is 0 Å². The topological polar surface area (TPSA) is 92.5 Å². The number of likely N-dealkylation sites (tertiary alicyclic amines) is 1. The molecule has 0 aromatic heterocycles. The molecule has 0 aliphatic carbocycles. The summed E-state index contributed by atoms with van der Waals surface area (Å²) in [6.07, 6.45) is 0.0361. The lowest BCUT2D eigenvalue weighted by Crippen LogP contribution is -2.47. The van der Waals surface area contributed by atoms with Crippen LogP contribution < -0.4 is 11.1 Å². The lowest BCUT2D eigenvalue weighted by Gasteiger charge is -2.20.